The highest BCUT2D eigenvalue weighted by Crippen LogP contribution is 2.25. The SMILES string of the molecule is Cc1n[nH]c(C)c1S(=O)(=O)Nc1ccccc1Cl. The van der Waals surface area contributed by atoms with Gasteiger partial charge in [-0.1, -0.05) is 23.7 Å². The van der Waals surface area contributed by atoms with Crippen molar-refractivity contribution >= 4 is 27.3 Å². The maximum Gasteiger partial charge on any atom is 0.265 e. The van der Waals surface area contributed by atoms with Crippen LogP contribution in [0, 0.1) is 13.8 Å². The summed E-state index contributed by atoms with van der Waals surface area (Å²) >= 11 is 5.92. The molecular weight excluding hydrogens is 274 g/mol. The molecule has 1 heterocycles. The molecule has 0 bridgehead atoms. The number of nitrogens with zero attached hydrogens (tertiary/aromatic N) is 1. The van der Waals surface area contributed by atoms with Crippen molar-refractivity contribution in [2.45, 2.75) is 18.7 Å². The molecule has 2 N–H and O–H groups in total. The number of aromatic nitrogens is 2. The Kier molecular flexibility index (Phi) is 3.32. The van der Waals surface area contributed by atoms with Crippen LogP contribution in [0.1, 0.15) is 11.4 Å². The number of aromatic amines is 1. The largest absolute Gasteiger partial charge is 0.281 e. The van der Waals surface area contributed by atoms with Crippen LogP contribution in [0.15, 0.2) is 29.2 Å². The van der Waals surface area contributed by atoms with E-state index in [0.29, 0.717) is 22.1 Å². The fraction of sp³-hybridized carbons (Fsp3) is 0.182. The third-order valence-corrected chi connectivity index (χ3v) is 4.40. The highest BCUT2D eigenvalue weighted by atomic mass is 35.5. The van der Waals surface area contributed by atoms with Gasteiger partial charge in [0.15, 0.2) is 0 Å². The lowest BCUT2D eigenvalue weighted by atomic mass is 10.3. The van der Waals surface area contributed by atoms with E-state index in [1.807, 2.05) is 0 Å². The minimum Gasteiger partial charge on any atom is -0.281 e. The lowest BCUT2D eigenvalue weighted by Crippen LogP contribution is -2.14. The number of rotatable bonds is 3. The lowest BCUT2D eigenvalue weighted by Gasteiger charge is -2.09. The van der Waals surface area contributed by atoms with Crippen molar-refractivity contribution in [2.75, 3.05) is 4.72 Å². The molecule has 0 atom stereocenters. The summed E-state index contributed by atoms with van der Waals surface area (Å²) in [6.45, 7) is 3.28. The molecule has 0 spiro atoms. The summed E-state index contributed by atoms with van der Waals surface area (Å²) in [6, 6.07) is 6.66. The van der Waals surface area contributed by atoms with Crippen LogP contribution in [0.4, 0.5) is 5.69 Å². The quantitative estimate of drug-likeness (QED) is 0.910. The van der Waals surface area contributed by atoms with E-state index >= 15 is 0 Å². The zero-order valence-corrected chi connectivity index (χ0v) is 11.4. The van der Waals surface area contributed by atoms with Gasteiger partial charge < -0.3 is 0 Å². The third kappa shape index (κ3) is 2.34. The number of aryl methyl sites for hydroxylation is 2. The number of nitrogens with one attached hydrogen (secondary N) is 2. The molecular formula is C11H12ClN3O2S. The normalized spacial score (nSPS) is 11.5. The van der Waals surface area contributed by atoms with Crippen molar-refractivity contribution in [1.29, 1.82) is 0 Å². The second-order valence-electron chi connectivity index (χ2n) is 3.85. The summed E-state index contributed by atoms with van der Waals surface area (Å²) in [5.74, 6) is 0. The van der Waals surface area contributed by atoms with Crippen molar-refractivity contribution in [3.8, 4) is 0 Å². The molecule has 18 heavy (non-hydrogen) atoms. The monoisotopic (exact) mass is 285 g/mol. The smallest absolute Gasteiger partial charge is 0.265 e. The van der Waals surface area contributed by atoms with Crippen molar-refractivity contribution in [1.82, 2.24) is 10.2 Å². The van der Waals surface area contributed by atoms with E-state index in [4.69, 9.17) is 11.6 Å². The first-order chi connectivity index (χ1) is 8.42. The number of sulfonamides is 1. The minimum atomic E-state index is -3.68. The summed E-state index contributed by atoms with van der Waals surface area (Å²) in [6.07, 6.45) is 0. The van der Waals surface area contributed by atoms with Crippen molar-refractivity contribution < 1.29 is 8.42 Å². The number of hydrogen-bond acceptors (Lipinski definition) is 3. The number of para-hydroxylation sites is 1. The van der Waals surface area contributed by atoms with E-state index in [1.54, 1.807) is 38.1 Å². The van der Waals surface area contributed by atoms with Crippen LogP contribution in [0.25, 0.3) is 0 Å². The van der Waals surface area contributed by atoms with E-state index in [1.165, 1.54) is 0 Å². The van der Waals surface area contributed by atoms with Crippen LogP contribution < -0.4 is 4.72 Å². The third-order valence-electron chi connectivity index (χ3n) is 2.45. The van der Waals surface area contributed by atoms with Crippen LogP contribution in [-0.2, 0) is 10.0 Å². The molecule has 0 fully saturated rings. The van der Waals surface area contributed by atoms with Crippen LogP contribution in [0.3, 0.4) is 0 Å². The molecule has 0 amide bonds. The highest BCUT2D eigenvalue weighted by Gasteiger charge is 2.22. The summed E-state index contributed by atoms with van der Waals surface area (Å²) < 4.78 is 26.9. The van der Waals surface area contributed by atoms with E-state index in [-0.39, 0.29) is 4.90 Å². The van der Waals surface area contributed by atoms with E-state index < -0.39 is 10.0 Å². The van der Waals surface area contributed by atoms with Gasteiger partial charge in [-0.05, 0) is 26.0 Å². The maximum atomic E-state index is 12.2. The van der Waals surface area contributed by atoms with E-state index in [2.05, 4.69) is 14.9 Å². The first-order valence-electron chi connectivity index (χ1n) is 5.21. The Morgan fingerprint density at radius 2 is 1.94 bits per heavy atom. The molecule has 2 aromatic rings. The molecule has 0 unspecified atom stereocenters. The summed E-state index contributed by atoms with van der Waals surface area (Å²) in [7, 11) is -3.68. The minimum absolute atomic E-state index is 0.155. The Bertz CT molecular complexity index is 660. The Morgan fingerprint density at radius 1 is 1.28 bits per heavy atom. The second kappa shape index (κ2) is 4.62. The van der Waals surface area contributed by atoms with Gasteiger partial charge in [-0.3, -0.25) is 9.82 Å². The van der Waals surface area contributed by atoms with Gasteiger partial charge >= 0.3 is 0 Å². The van der Waals surface area contributed by atoms with Crippen LogP contribution >= 0.6 is 11.6 Å². The second-order valence-corrected chi connectivity index (χ2v) is 5.87. The molecule has 1 aromatic heterocycles. The first kappa shape index (κ1) is 12.9. The standard InChI is InChI=1S/C11H12ClN3O2S/c1-7-11(8(2)14-13-7)18(16,17)15-10-6-4-3-5-9(10)12/h3-6,15H,1-2H3,(H,13,14). The van der Waals surface area contributed by atoms with Crippen LogP contribution in [-0.4, -0.2) is 18.6 Å². The van der Waals surface area contributed by atoms with Gasteiger partial charge in [0.25, 0.3) is 10.0 Å². The molecule has 0 aliphatic carbocycles. The molecule has 0 saturated carbocycles. The fourth-order valence-corrected chi connectivity index (χ4v) is 3.37. The molecule has 1 aromatic carbocycles. The predicted molar refractivity (Wildman–Crippen MR) is 70.3 cm³/mol. The Morgan fingerprint density at radius 3 is 2.50 bits per heavy atom. The molecule has 0 aliphatic rings. The number of hydrogen-bond donors (Lipinski definition) is 2. The zero-order valence-electron chi connectivity index (χ0n) is 9.86. The van der Waals surface area contributed by atoms with Gasteiger partial charge in [-0.2, -0.15) is 5.10 Å². The number of benzene rings is 1. The van der Waals surface area contributed by atoms with E-state index in [0.717, 1.165) is 0 Å². The summed E-state index contributed by atoms with van der Waals surface area (Å²) in [5, 5.41) is 6.86. The molecule has 96 valence electrons. The lowest BCUT2D eigenvalue weighted by molar-refractivity contribution is 0.600. The average Bonchev–Trinajstić information content (AvgIpc) is 2.62. The van der Waals surface area contributed by atoms with Gasteiger partial charge in [0.1, 0.15) is 4.90 Å². The molecule has 0 radical (unpaired) electrons. The molecule has 0 saturated heterocycles. The van der Waals surface area contributed by atoms with Gasteiger partial charge in [-0.25, -0.2) is 8.42 Å². The predicted octanol–water partition coefficient (Wildman–Crippen LogP) is 2.48. The number of H-pyrrole nitrogens is 1. The summed E-state index contributed by atoms with van der Waals surface area (Å²) in [4.78, 5) is 0.155. The maximum absolute atomic E-state index is 12.2. The van der Waals surface area contributed by atoms with Crippen LogP contribution in [0.2, 0.25) is 5.02 Å². The van der Waals surface area contributed by atoms with Crippen molar-refractivity contribution in [3.63, 3.8) is 0 Å². The van der Waals surface area contributed by atoms with Gasteiger partial charge in [0, 0.05) is 0 Å². The van der Waals surface area contributed by atoms with Gasteiger partial charge in [-0.15, -0.1) is 0 Å². The van der Waals surface area contributed by atoms with Gasteiger partial charge in [0.2, 0.25) is 0 Å². The average molecular weight is 286 g/mol. The van der Waals surface area contributed by atoms with E-state index in [9.17, 15) is 8.42 Å². The van der Waals surface area contributed by atoms with Gasteiger partial charge in [0.05, 0.1) is 22.1 Å². The van der Waals surface area contributed by atoms with Crippen molar-refractivity contribution in [3.05, 3.63) is 40.7 Å². The molecule has 5 nitrogen and oxygen atoms in total. The Hall–Kier alpha value is -1.53. The topological polar surface area (TPSA) is 74.8 Å². The zero-order chi connectivity index (χ0) is 13.3. The highest BCUT2D eigenvalue weighted by molar-refractivity contribution is 7.92. The van der Waals surface area contributed by atoms with Crippen LogP contribution in [0.5, 0.6) is 0 Å². The molecule has 2 rings (SSSR count). The van der Waals surface area contributed by atoms with Crippen molar-refractivity contribution in [2.24, 2.45) is 0 Å². The fourth-order valence-electron chi connectivity index (χ4n) is 1.68. The molecule has 0 aliphatic heterocycles. The number of anilines is 1. The Labute approximate surface area is 110 Å². The number of halogens is 1. The summed E-state index contributed by atoms with van der Waals surface area (Å²) in [5.41, 5.74) is 1.26. The molecule has 7 heteroatoms. The Balaban J connectivity index is 2.43. The first-order valence-corrected chi connectivity index (χ1v) is 7.07.